The van der Waals surface area contributed by atoms with Crippen LogP contribution in [0.2, 0.25) is 0 Å². The van der Waals surface area contributed by atoms with Crippen molar-refractivity contribution in [1.29, 1.82) is 0 Å². The van der Waals surface area contributed by atoms with Gasteiger partial charge in [0, 0.05) is 10.1 Å². The van der Waals surface area contributed by atoms with Crippen molar-refractivity contribution in [3.05, 3.63) is 6.33 Å². The summed E-state index contributed by atoms with van der Waals surface area (Å²) in [6, 6.07) is -1.57. The number of esters is 1. The van der Waals surface area contributed by atoms with Gasteiger partial charge in [-0.05, 0) is 16.8 Å². The molecule has 0 radical (unpaired) electrons. The number of hydrogen-bond acceptors (Lipinski definition) is 8. The van der Waals surface area contributed by atoms with Gasteiger partial charge in [0.1, 0.15) is 36.9 Å². The maximum absolute atomic E-state index is 12.7. The van der Waals surface area contributed by atoms with Gasteiger partial charge in [-0.15, -0.1) is 16.9 Å². The zero-order chi connectivity index (χ0) is 21.3. The fourth-order valence-corrected chi connectivity index (χ4v) is 5.79. The van der Waals surface area contributed by atoms with Crippen molar-refractivity contribution in [2.75, 3.05) is 6.61 Å². The van der Waals surface area contributed by atoms with Crippen LogP contribution in [0.4, 0.5) is 0 Å². The highest BCUT2D eigenvalue weighted by atomic mass is 79.9. The number of β-lactam (4-membered cyclic amide) rings is 1. The summed E-state index contributed by atoms with van der Waals surface area (Å²) in [6.07, 6.45) is 1.90. The van der Waals surface area contributed by atoms with Gasteiger partial charge in [-0.3, -0.25) is 9.59 Å². The fourth-order valence-electron chi connectivity index (χ4n) is 3.12. The number of thioether (sulfide) groups is 1. The summed E-state index contributed by atoms with van der Waals surface area (Å²) >= 11 is 21.9. The quantitative estimate of drug-likeness (QED) is 0.302. The first-order valence-electron chi connectivity index (χ1n) is 8.42. The van der Waals surface area contributed by atoms with E-state index in [9.17, 15) is 14.4 Å². The molecular weight excluding hydrogens is 535 g/mol. The van der Waals surface area contributed by atoms with Crippen molar-refractivity contribution in [2.45, 2.75) is 51.2 Å². The fraction of sp³-hybridized carbons (Fsp3) is 0.714. The summed E-state index contributed by atoms with van der Waals surface area (Å²) in [5.74, 6) is -1.42. The SMILES string of the molecule is CC(Br)CC1S[C@@H]2C(NC(=O)Cn3cnnn3)C(=O)N2C1C(=O)OCC(Cl)(Cl)Cl. The van der Waals surface area contributed by atoms with E-state index in [4.69, 9.17) is 39.5 Å². The predicted molar refractivity (Wildman–Crippen MR) is 110 cm³/mol. The van der Waals surface area contributed by atoms with Crippen molar-refractivity contribution in [3.63, 3.8) is 0 Å². The molecule has 15 heteroatoms. The van der Waals surface area contributed by atoms with Gasteiger partial charge < -0.3 is 15.0 Å². The van der Waals surface area contributed by atoms with Crippen molar-refractivity contribution >= 4 is 80.3 Å². The van der Waals surface area contributed by atoms with Gasteiger partial charge in [0.25, 0.3) is 0 Å². The third kappa shape index (κ3) is 5.46. The average molecular weight is 551 g/mol. The van der Waals surface area contributed by atoms with Crippen LogP contribution >= 0.6 is 62.5 Å². The highest BCUT2D eigenvalue weighted by Crippen LogP contribution is 2.47. The van der Waals surface area contributed by atoms with Crippen LogP contribution in [0.3, 0.4) is 0 Å². The molecule has 2 amide bonds. The number of ether oxygens (including phenoxy) is 1. The zero-order valence-electron chi connectivity index (χ0n) is 14.9. The van der Waals surface area contributed by atoms with E-state index in [2.05, 4.69) is 36.8 Å². The molecule has 0 aromatic carbocycles. The summed E-state index contributed by atoms with van der Waals surface area (Å²) in [5, 5.41) is 12.6. The zero-order valence-corrected chi connectivity index (χ0v) is 19.5. The van der Waals surface area contributed by atoms with E-state index in [1.165, 1.54) is 27.7 Å². The molecule has 2 aliphatic rings. The van der Waals surface area contributed by atoms with Gasteiger partial charge in [-0.2, -0.15) is 0 Å². The highest BCUT2D eigenvalue weighted by molar-refractivity contribution is 9.09. The van der Waals surface area contributed by atoms with E-state index >= 15 is 0 Å². The standard InChI is InChI=1S/C14H16BrCl3N6O4S/c1-6(15)2-7-10(13(27)28-4-14(16,17)18)24-11(26)9(12(24)29-7)20-8(25)3-23-5-19-21-22-23/h5-7,9-10,12H,2-4H2,1H3,(H,20,25)/t6?,7?,9?,10?,12-/m1/s1. The van der Waals surface area contributed by atoms with Gasteiger partial charge in [-0.1, -0.05) is 57.7 Å². The number of halogens is 4. The average Bonchev–Trinajstić information content (AvgIpc) is 3.23. The normalized spacial score (nSPS) is 27.2. The van der Waals surface area contributed by atoms with Crippen LogP contribution in [0.15, 0.2) is 6.33 Å². The molecule has 1 N–H and O–H groups in total. The van der Waals surface area contributed by atoms with Crippen LogP contribution < -0.4 is 5.32 Å². The van der Waals surface area contributed by atoms with Crippen LogP contribution in [0.1, 0.15) is 13.3 Å². The molecule has 2 aliphatic heterocycles. The molecule has 2 fully saturated rings. The molecule has 29 heavy (non-hydrogen) atoms. The molecular formula is C14H16BrCl3N6O4S. The van der Waals surface area contributed by atoms with Crippen LogP contribution in [-0.2, 0) is 25.7 Å². The molecule has 0 saturated carbocycles. The predicted octanol–water partition coefficient (Wildman–Crippen LogP) is 0.897. The number of alkyl halides is 4. The topological polar surface area (TPSA) is 119 Å². The van der Waals surface area contributed by atoms with Gasteiger partial charge in [-0.25, -0.2) is 9.48 Å². The molecule has 5 atom stereocenters. The third-order valence-corrected chi connectivity index (χ3v) is 6.52. The molecule has 0 aliphatic carbocycles. The van der Waals surface area contributed by atoms with Crippen LogP contribution in [0.5, 0.6) is 0 Å². The van der Waals surface area contributed by atoms with E-state index in [1.807, 2.05) is 6.92 Å². The number of tetrazole rings is 1. The second kappa shape index (κ2) is 9.13. The lowest BCUT2D eigenvalue weighted by atomic mass is 10.00. The minimum absolute atomic E-state index is 0.102. The Labute approximate surface area is 193 Å². The number of carbonyl (C=O) groups is 3. The number of carbonyl (C=O) groups excluding carboxylic acids is 3. The minimum atomic E-state index is -1.75. The molecule has 2 saturated heterocycles. The summed E-state index contributed by atoms with van der Waals surface area (Å²) in [4.78, 5) is 39.0. The number of rotatable bonds is 7. The highest BCUT2D eigenvalue weighted by Gasteiger charge is 2.61. The van der Waals surface area contributed by atoms with Gasteiger partial charge in [0.05, 0.1) is 0 Å². The first-order valence-corrected chi connectivity index (χ1v) is 11.4. The van der Waals surface area contributed by atoms with Crippen molar-refractivity contribution in [2.24, 2.45) is 0 Å². The van der Waals surface area contributed by atoms with E-state index < -0.39 is 34.4 Å². The molecule has 0 bridgehead atoms. The summed E-state index contributed by atoms with van der Waals surface area (Å²) in [6.45, 7) is 1.39. The smallest absolute Gasteiger partial charge is 0.330 e. The number of hydrogen-bond donors (Lipinski definition) is 1. The lowest BCUT2D eigenvalue weighted by Crippen LogP contribution is -2.70. The van der Waals surface area contributed by atoms with Crippen LogP contribution in [0, 0.1) is 0 Å². The molecule has 10 nitrogen and oxygen atoms in total. The third-order valence-electron chi connectivity index (χ3n) is 4.24. The Morgan fingerprint density at radius 3 is 2.76 bits per heavy atom. The summed E-state index contributed by atoms with van der Waals surface area (Å²) in [7, 11) is 0. The maximum Gasteiger partial charge on any atom is 0.330 e. The lowest BCUT2D eigenvalue weighted by molar-refractivity contribution is -0.163. The largest absolute Gasteiger partial charge is 0.460 e. The number of nitrogens with one attached hydrogen (secondary N) is 1. The Kier molecular flexibility index (Phi) is 7.19. The molecule has 3 heterocycles. The second-order valence-corrected chi connectivity index (χ2v) is 12.0. The molecule has 160 valence electrons. The van der Waals surface area contributed by atoms with E-state index in [1.54, 1.807) is 0 Å². The first kappa shape index (κ1) is 22.9. The molecule has 0 spiro atoms. The Morgan fingerprint density at radius 2 is 2.17 bits per heavy atom. The van der Waals surface area contributed by atoms with Gasteiger partial charge in [0.2, 0.25) is 15.6 Å². The first-order chi connectivity index (χ1) is 13.6. The summed E-state index contributed by atoms with van der Waals surface area (Å²) < 4.78 is 4.61. The molecule has 3 rings (SSSR count). The molecule has 4 unspecified atom stereocenters. The van der Waals surface area contributed by atoms with E-state index in [-0.39, 0.29) is 27.9 Å². The van der Waals surface area contributed by atoms with Gasteiger partial charge in [0.15, 0.2) is 0 Å². The van der Waals surface area contributed by atoms with Crippen molar-refractivity contribution < 1.29 is 19.1 Å². The van der Waals surface area contributed by atoms with Crippen LogP contribution in [-0.4, -0.2) is 80.8 Å². The molecule has 1 aromatic heterocycles. The number of nitrogens with zero attached hydrogens (tertiary/aromatic N) is 5. The second-order valence-electron chi connectivity index (χ2n) is 6.55. The van der Waals surface area contributed by atoms with Gasteiger partial charge >= 0.3 is 5.97 Å². The number of aromatic nitrogens is 4. The molecule has 1 aromatic rings. The Balaban J connectivity index is 1.67. The van der Waals surface area contributed by atoms with E-state index in [0.717, 1.165) is 0 Å². The number of amides is 2. The monoisotopic (exact) mass is 548 g/mol. The lowest BCUT2D eigenvalue weighted by Gasteiger charge is -2.43. The maximum atomic E-state index is 12.7. The van der Waals surface area contributed by atoms with E-state index in [0.29, 0.717) is 6.42 Å². The Bertz CT molecular complexity index is 780. The summed E-state index contributed by atoms with van der Waals surface area (Å²) in [5.41, 5.74) is 0. The van der Waals surface area contributed by atoms with Crippen molar-refractivity contribution in [1.82, 2.24) is 30.4 Å². The Morgan fingerprint density at radius 1 is 1.45 bits per heavy atom. The minimum Gasteiger partial charge on any atom is -0.460 e. The number of fused-ring (bicyclic) bond motifs is 1. The van der Waals surface area contributed by atoms with Crippen molar-refractivity contribution in [3.8, 4) is 0 Å². The Hall–Kier alpha value is -0.820. The van der Waals surface area contributed by atoms with Crippen LogP contribution in [0.25, 0.3) is 0 Å².